The van der Waals surface area contributed by atoms with Gasteiger partial charge in [0, 0.05) is 19.6 Å². The Morgan fingerprint density at radius 2 is 1.79 bits per heavy atom. The van der Waals surface area contributed by atoms with Crippen molar-refractivity contribution < 1.29 is 13.2 Å². The lowest BCUT2D eigenvalue weighted by Crippen LogP contribution is -2.45. The number of sulfonamides is 1. The molecule has 2 heterocycles. The van der Waals surface area contributed by atoms with E-state index in [1.165, 1.54) is 36.7 Å². The predicted octanol–water partition coefficient (Wildman–Crippen LogP) is 2.39. The van der Waals surface area contributed by atoms with Crippen molar-refractivity contribution in [1.29, 1.82) is 0 Å². The molecule has 1 aromatic carbocycles. The Morgan fingerprint density at radius 1 is 1.07 bits per heavy atom. The van der Waals surface area contributed by atoms with E-state index in [0.29, 0.717) is 18.0 Å². The number of amides is 1. The second-order valence-electron chi connectivity index (χ2n) is 8.06. The molecular formula is C21H33N3O3S. The van der Waals surface area contributed by atoms with Gasteiger partial charge in [0.15, 0.2) is 0 Å². The fourth-order valence-electron chi connectivity index (χ4n) is 4.08. The number of carbonyl (C=O) groups excluding carboxylic acids is 1. The number of aryl methyl sites for hydroxylation is 1. The van der Waals surface area contributed by atoms with E-state index in [4.69, 9.17) is 0 Å². The number of carbonyl (C=O) groups is 1. The molecular weight excluding hydrogens is 374 g/mol. The summed E-state index contributed by atoms with van der Waals surface area (Å²) < 4.78 is 27.3. The van der Waals surface area contributed by atoms with Crippen LogP contribution in [0.1, 0.15) is 44.1 Å². The topological polar surface area (TPSA) is 69.7 Å². The lowest BCUT2D eigenvalue weighted by Gasteiger charge is -2.31. The van der Waals surface area contributed by atoms with Crippen molar-refractivity contribution in [3.05, 3.63) is 29.8 Å². The molecule has 6 nitrogen and oxygen atoms in total. The van der Waals surface area contributed by atoms with Crippen LogP contribution >= 0.6 is 0 Å². The third kappa shape index (κ3) is 5.55. The van der Waals surface area contributed by atoms with Gasteiger partial charge in [-0.05, 0) is 70.8 Å². The van der Waals surface area contributed by atoms with Crippen LogP contribution in [0.25, 0.3) is 0 Å². The van der Waals surface area contributed by atoms with Crippen molar-refractivity contribution in [3.8, 4) is 0 Å². The fourth-order valence-corrected chi connectivity index (χ4v) is 5.60. The van der Waals surface area contributed by atoms with Crippen molar-refractivity contribution in [3.63, 3.8) is 0 Å². The zero-order valence-electron chi connectivity index (χ0n) is 16.9. The van der Waals surface area contributed by atoms with Crippen LogP contribution in [0.15, 0.2) is 29.2 Å². The number of benzene rings is 1. The number of hydrogen-bond donors (Lipinski definition) is 1. The number of piperidine rings is 2. The lowest BCUT2D eigenvalue weighted by atomic mass is 9.99. The standard InChI is InChI=1S/C21H33N3O3S/c1-18-8-10-20(11-9-18)28(26,27)24-16-5-7-19(17-24)21(25)22-12-6-15-23-13-3-2-4-14-23/h8-11,19H,2-7,12-17H2,1H3,(H,22,25). The van der Waals surface area contributed by atoms with Gasteiger partial charge in [0.25, 0.3) is 0 Å². The first kappa shape index (κ1) is 21.3. The Balaban J connectivity index is 1.48. The van der Waals surface area contributed by atoms with E-state index < -0.39 is 10.0 Å². The molecule has 1 amide bonds. The van der Waals surface area contributed by atoms with Gasteiger partial charge in [-0.2, -0.15) is 4.31 Å². The lowest BCUT2D eigenvalue weighted by molar-refractivity contribution is -0.126. The Hall–Kier alpha value is -1.44. The number of hydrogen-bond acceptors (Lipinski definition) is 4. The van der Waals surface area contributed by atoms with Gasteiger partial charge in [-0.1, -0.05) is 24.1 Å². The molecule has 0 radical (unpaired) electrons. The molecule has 2 fully saturated rings. The molecule has 2 saturated heterocycles. The molecule has 7 heteroatoms. The van der Waals surface area contributed by atoms with E-state index in [1.807, 2.05) is 19.1 Å². The first-order chi connectivity index (χ1) is 13.5. The molecule has 1 atom stereocenters. The molecule has 0 bridgehead atoms. The summed E-state index contributed by atoms with van der Waals surface area (Å²) in [6, 6.07) is 6.91. The van der Waals surface area contributed by atoms with Gasteiger partial charge in [0.2, 0.25) is 15.9 Å². The Morgan fingerprint density at radius 3 is 2.50 bits per heavy atom. The summed E-state index contributed by atoms with van der Waals surface area (Å²) in [5, 5.41) is 3.02. The van der Waals surface area contributed by atoms with Crippen LogP contribution in [-0.4, -0.2) is 62.8 Å². The minimum absolute atomic E-state index is 0.0116. The van der Waals surface area contributed by atoms with Crippen LogP contribution in [0.3, 0.4) is 0 Å². The maximum Gasteiger partial charge on any atom is 0.243 e. The summed E-state index contributed by atoms with van der Waals surface area (Å²) in [5.41, 5.74) is 1.03. The molecule has 1 unspecified atom stereocenters. The van der Waals surface area contributed by atoms with E-state index in [9.17, 15) is 13.2 Å². The monoisotopic (exact) mass is 407 g/mol. The zero-order valence-corrected chi connectivity index (χ0v) is 17.7. The van der Waals surface area contributed by atoms with Gasteiger partial charge >= 0.3 is 0 Å². The van der Waals surface area contributed by atoms with Crippen LogP contribution in [0, 0.1) is 12.8 Å². The van der Waals surface area contributed by atoms with Crippen LogP contribution in [0.5, 0.6) is 0 Å². The molecule has 2 aliphatic heterocycles. The molecule has 156 valence electrons. The summed E-state index contributed by atoms with van der Waals surface area (Å²) in [7, 11) is -3.54. The molecule has 2 aliphatic rings. The molecule has 0 aromatic heterocycles. The average molecular weight is 408 g/mol. The molecule has 28 heavy (non-hydrogen) atoms. The molecule has 1 N–H and O–H groups in total. The van der Waals surface area contributed by atoms with Crippen LogP contribution in [0.4, 0.5) is 0 Å². The highest BCUT2D eigenvalue weighted by Crippen LogP contribution is 2.24. The number of nitrogens with zero attached hydrogens (tertiary/aromatic N) is 2. The second kappa shape index (κ2) is 9.85. The number of likely N-dealkylation sites (tertiary alicyclic amines) is 1. The van der Waals surface area contributed by atoms with Gasteiger partial charge < -0.3 is 10.2 Å². The summed E-state index contributed by atoms with van der Waals surface area (Å²) >= 11 is 0. The van der Waals surface area contributed by atoms with Crippen LogP contribution in [0.2, 0.25) is 0 Å². The first-order valence-electron chi connectivity index (χ1n) is 10.5. The molecule has 1 aromatic rings. The molecule has 0 spiro atoms. The van der Waals surface area contributed by atoms with Crippen molar-refractivity contribution >= 4 is 15.9 Å². The quantitative estimate of drug-likeness (QED) is 0.705. The SMILES string of the molecule is Cc1ccc(S(=O)(=O)N2CCCC(C(=O)NCCCN3CCCCC3)C2)cc1. The van der Waals surface area contributed by atoms with Crippen molar-refractivity contribution in [2.24, 2.45) is 5.92 Å². The molecule has 0 saturated carbocycles. The predicted molar refractivity (Wildman–Crippen MR) is 111 cm³/mol. The third-order valence-electron chi connectivity index (χ3n) is 5.81. The first-order valence-corrected chi connectivity index (χ1v) is 12.0. The zero-order chi connectivity index (χ0) is 20.0. The maximum absolute atomic E-state index is 12.9. The summed E-state index contributed by atoms with van der Waals surface area (Å²) in [6.07, 6.45) is 6.30. The van der Waals surface area contributed by atoms with E-state index in [1.54, 1.807) is 12.1 Å². The minimum atomic E-state index is -3.54. The van der Waals surface area contributed by atoms with Gasteiger partial charge in [-0.15, -0.1) is 0 Å². The van der Waals surface area contributed by atoms with E-state index in [2.05, 4.69) is 10.2 Å². The van der Waals surface area contributed by atoms with Crippen LogP contribution in [-0.2, 0) is 14.8 Å². The van der Waals surface area contributed by atoms with Crippen molar-refractivity contribution in [1.82, 2.24) is 14.5 Å². The Bertz CT molecular complexity index is 743. The number of rotatable bonds is 7. The van der Waals surface area contributed by atoms with Crippen LogP contribution < -0.4 is 5.32 Å². The summed E-state index contributed by atoms with van der Waals surface area (Å²) in [6.45, 7) is 6.71. The number of nitrogens with one attached hydrogen (secondary N) is 1. The highest BCUT2D eigenvalue weighted by Gasteiger charge is 2.33. The van der Waals surface area contributed by atoms with E-state index >= 15 is 0 Å². The van der Waals surface area contributed by atoms with Gasteiger partial charge in [-0.25, -0.2) is 8.42 Å². The largest absolute Gasteiger partial charge is 0.356 e. The van der Waals surface area contributed by atoms with Gasteiger partial charge in [-0.3, -0.25) is 4.79 Å². The smallest absolute Gasteiger partial charge is 0.243 e. The van der Waals surface area contributed by atoms with E-state index in [-0.39, 0.29) is 18.4 Å². The normalized spacial score (nSPS) is 22.1. The molecule has 3 rings (SSSR count). The van der Waals surface area contributed by atoms with Crippen molar-refractivity contribution in [2.75, 3.05) is 39.3 Å². The van der Waals surface area contributed by atoms with E-state index in [0.717, 1.165) is 31.4 Å². The minimum Gasteiger partial charge on any atom is -0.356 e. The molecule has 0 aliphatic carbocycles. The third-order valence-corrected chi connectivity index (χ3v) is 7.69. The highest BCUT2D eigenvalue weighted by molar-refractivity contribution is 7.89. The Labute approximate surface area is 169 Å². The van der Waals surface area contributed by atoms with Crippen molar-refractivity contribution in [2.45, 2.75) is 50.3 Å². The second-order valence-corrected chi connectivity index (χ2v) is 10.0. The summed E-state index contributed by atoms with van der Waals surface area (Å²) in [4.78, 5) is 15.3. The average Bonchev–Trinajstić information content (AvgIpc) is 2.72. The van der Waals surface area contributed by atoms with Gasteiger partial charge in [0.05, 0.1) is 10.8 Å². The van der Waals surface area contributed by atoms with Gasteiger partial charge in [0.1, 0.15) is 0 Å². The highest BCUT2D eigenvalue weighted by atomic mass is 32.2. The fraction of sp³-hybridized carbons (Fsp3) is 0.667. The maximum atomic E-state index is 12.9. The Kier molecular flexibility index (Phi) is 7.48. The summed E-state index contributed by atoms with van der Waals surface area (Å²) in [5.74, 6) is -0.272.